The summed E-state index contributed by atoms with van der Waals surface area (Å²) in [5.74, 6) is 5.70. The molecule has 1 aliphatic rings. The van der Waals surface area contributed by atoms with Crippen LogP contribution in [0.4, 0.5) is 13.2 Å². The zero-order chi connectivity index (χ0) is 17.6. The Labute approximate surface area is 139 Å². The van der Waals surface area contributed by atoms with Gasteiger partial charge in [-0.15, -0.1) is 0 Å². The van der Waals surface area contributed by atoms with Crippen LogP contribution in [0.5, 0.6) is 0 Å². The molecule has 1 aromatic rings. The third-order valence-corrected chi connectivity index (χ3v) is 3.56. The Kier molecular flexibility index (Phi) is 6.23. The minimum Gasteiger partial charge on any atom is -0.378 e. The van der Waals surface area contributed by atoms with Gasteiger partial charge in [0.05, 0.1) is 31.9 Å². The molecular weight excluding hydrogens is 321 g/mol. The molecule has 7 heteroatoms. The SMILES string of the molecule is CN(CC#Cc1ccc(C(F)(F)F)cc1)CC(=O)N1CCOCC1. The maximum atomic E-state index is 12.5. The van der Waals surface area contributed by atoms with Gasteiger partial charge in [0.1, 0.15) is 0 Å². The van der Waals surface area contributed by atoms with Crippen molar-refractivity contribution < 1.29 is 22.7 Å². The van der Waals surface area contributed by atoms with Crippen molar-refractivity contribution in [1.82, 2.24) is 9.80 Å². The van der Waals surface area contributed by atoms with Gasteiger partial charge in [-0.2, -0.15) is 13.2 Å². The number of likely N-dealkylation sites (N-methyl/N-ethyl adjacent to an activating group) is 1. The number of halogens is 3. The van der Waals surface area contributed by atoms with E-state index in [1.807, 2.05) is 0 Å². The fourth-order valence-electron chi connectivity index (χ4n) is 2.22. The quantitative estimate of drug-likeness (QED) is 0.788. The van der Waals surface area contributed by atoms with E-state index < -0.39 is 11.7 Å². The van der Waals surface area contributed by atoms with Crippen LogP contribution < -0.4 is 0 Å². The van der Waals surface area contributed by atoms with Crippen LogP contribution in [0, 0.1) is 11.8 Å². The molecule has 0 saturated carbocycles. The Morgan fingerprint density at radius 1 is 1.25 bits per heavy atom. The molecule has 0 spiro atoms. The van der Waals surface area contributed by atoms with Gasteiger partial charge in [0.15, 0.2) is 0 Å². The van der Waals surface area contributed by atoms with Gasteiger partial charge in [-0.1, -0.05) is 11.8 Å². The first kappa shape index (κ1) is 18.3. The second-order valence-corrected chi connectivity index (χ2v) is 5.54. The minimum atomic E-state index is -4.34. The van der Waals surface area contributed by atoms with Crippen molar-refractivity contribution in [2.45, 2.75) is 6.18 Å². The van der Waals surface area contributed by atoms with Gasteiger partial charge >= 0.3 is 6.18 Å². The van der Waals surface area contributed by atoms with Gasteiger partial charge in [0.2, 0.25) is 5.91 Å². The van der Waals surface area contributed by atoms with Crippen molar-refractivity contribution in [3.63, 3.8) is 0 Å². The molecule has 1 amide bonds. The summed E-state index contributed by atoms with van der Waals surface area (Å²) >= 11 is 0. The highest BCUT2D eigenvalue weighted by Gasteiger charge is 2.29. The van der Waals surface area contributed by atoms with E-state index in [0.29, 0.717) is 38.4 Å². The summed E-state index contributed by atoms with van der Waals surface area (Å²) in [7, 11) is 1.78. The molecule has 2 rings (SSSR count). The molecule has 0 N–H and O–H groups in total. The Morgan fingerprint density at radius 3 is 2.46 bits per heavy atom. The smallest absolute Gasteiger partial charge is 0.378 e. The number of carbonyl (C=O) groups excluding carboxylic acids is 1. The average molecular weight is 340 g/mol. The highest BCUT2D eigenvalue weighted by atomic mass is 19.4. The second-order valence-electron chi connectivity index (χ2n) is 5.54. The molecule has 1 fully saturated rings. The lowest BCUT2D eigenvalue weighted by molar-refractivity contribution is -0.137. The summed E-state index contributed by atoms with van der Waals surface area (Å²) in [5, 5.41) is 0. The number of morpholine rings is 1. The van der Waals surface area contributed by atoms with Gasteiger partial charge in [-0.25, -0.2) is 0 Å². The van der Waals surface area contributed by atoms with Crippen molar-refractivity contribution in [3.8, 4) is 11.8 Å². The average Bonchev–Trinajstić information content (AvgIpc) is 2.55. The monoisotopic (exact) mass is 340 g/mol. The largest absolute Gasteiger partial charge is 0.416 e. The first-order chi connectivity index (χ1) is 11.4. The van der Waals surface area contributed by atoms with E-state index in [1.54, 1.807) is 16.8 Å². The summed E-state index contributed by atoms with van der Waals surface area (Å²) in [4.78, 5) is 15.6. The lowest BCUT2D eigenvalue weighted by atomic mass is 10.1. The predicted molar refractivity (Wildman–Crippen MR) is 83.2 cm³/mol. The molecule has 1 aliphatic heterocycles. The number of benzene rings is 1. The summed E-state index contributed by atoms with van der Waals surface area (Å²) in [6.45, 7) is 2.93. The van der Waals surface area contributed by atoms with Crippen molar-refractivity contribution in [2.75, 3.05) is 46.4 Å². The highest BCUT2D eigenvalue weighted by Crippen LogP contribution is 2.28. The number of nitrogens with zero attached hydrogens (tertiary/aromatic N) is 2. The lowest BCUT2D eigenvalue weighted by Crippen LogP contribution is -2.45. The Morgan fingerprint density at radius 2 is 1.88 bits per heavy atom. The molecule has 0 aliphatic carbocycles. The van der Waals surface area contributed by atoms with Crippen molar-refractivity contribution in [3.05, 3.63) is 35.4 Å². The molecule has 0 bridgehead atoms. The summed E-state index contributed by atoms with van der Waals surface area (Å²) in [6, 6.07) is 4.70. The summed E-state index contributed by atoms with van der Waals surface area (Å²) < 4.78 is 42.6. The number of rotatable bonds is 3. The van der Waals surface area contributed by atoms with Gasteiger partial charge in [-0.3, -0.25) is 9.69 Å². The van der Waals surface area contributed by atoms with Gasteiger partial charge in [0.25, 0.3) is 0 Å². The van der Waals surface area contributed by atoms with Crippen LogP contribution in [0.3, 0.4) is 0 Å². The zero-order valence-electron chi connectivity index (χ0n) is 13.4. The first-order valence-electron chi connectivity index (χ1n) is 7.56. The van der Waals surface area contributed by atoms with Crippen molar-refractivity contribution >= 4 is 5.91 Å². The molecular formula is C17H19F3N2O2. The number of hydrogen-bond acceptors (Lipinski definition) is 3. The second kappa shape index (κ2) is 8.18. The van der Waals surface area contributed by atoms with E-state index in [0.717, 1.165) is 12.1 Å². The van der Waals surface area contributed by atoms with Crippen LogP contribution >= 0.6 is 0 Å². The maximum Gasteiger partial charge on any atom is 0.416 e. The van der Waals surface area contributed by atoms with E-state index in [9.17, 15) is 18.0 Å². The zero-order valence-corrected chi connectivity index (χ0v) is 13.4. The Balaban J connectivity index is 1.82. The van der Waals surface area contributed by atoms with Crippen LogP contribution in [0.1, 0.15) is 11.1 Å². The molecule has 0 radical (unpaired) electrons. The molecule has 24 heavy (non-hydrogen) atoms. The summed E-state index contributed by atoms with van der Waals surface area (Å²) in [6.07, 6.45) is -4.34. The first-order valence-corrected chi connectivity index (χ1v) is 7.56. The van der Waals surface area contributed by atoms with Crippen molar-refractivity contribution in [2.24, 2.45) is 0 Å². The molecule has 0 atom stereocenters. The molecule has 130 valence electrons. The molecule has 0 aromatic heterocycles. The molecule has 1 saturated heterocycles. The van der Waals surface area contributed by atoms with Gasteiger partial charge < -0.3 is 9.64 Å². The molecule has 0 unspecified atom stereocenters. The Hall–Kier alpha value is -2.04. The van der Waals surface area contributed by atoms with E-state index in [4.69, 9.17) is 4.74 Å². The predicted octanol–water partition coefficient (Wildman–Crippen LogP) is 1.85. The van der Waals surface area contributed by atoms with Crippen LogP contribution in [0.25, 0.3) is 0 Å². The highest BCUT2D eigenvalue weighted by molar-refractivity contribution is 5.78. The number of ether oxygens (including phenoxy) is 1. The van der Waals surface area contributed by atoms with E-state index in [2.05, 4.69) is 11.8 Å². The Bertz CT molecular complexity index is 611. The number of hydrogen-bond donors (Lipinski definition) is 0. The number of alkyl halides is 3. The van der Waals surface area contributed by atoms with Crippen LogP contribution in [0.2, 0.25) is 0 Å². The van der Waals surface area contributed by atoms with Crippen LogP contribution in [-0.2, 0) is 15.7 Å². The van der Waals surface area contributed by atoms with Gasteiger partial charge in [0, 0.05) is 18.7 Å². The van der Waals surface area contributed by atoms with Gasteiger partial charge in [-0.05, 0) is 31.3 Å². The van der Waals surface area contributed by atoms with E-state index in [-0.39, 0.29) is 12.5 Å². The topological polar surface area (TPSA) is 32.8 Å². The lowest BCUT2D eigenvalue weighted by Gasteiger charge is -2.28. The fourth-order valence-corrected chi connectivity index (χ4v) is 2.22. The van der Waals surface area contributed by atoms with Crippen LogP contribution in [-0.4, -0.2) is 62.1 Å². The minimum absolute atomic E-state index is 0.0251. The molecule has 1 heterocycles. The van der Waals surface area contributed by atoms with E-state index >= 15 is 0 Å². The normalized spacial score (nSPS) is 15.1. The molecule has 4 nitrogen and oxygen atoms in total. The fraction of sp³-hybridized carbons (Fsp3) is 0.471. The number of amides is 1. The maximum absolute atomic E-state index is 12.5. The molecule has 1 aromatic carbocycles. The third kappa shape index (κ3) is 5.55. The standard InChI is InChI=1S/C17H19F3N2O2/c1-21(13-16(23)22-9-11-24-12-10-22)8-2-3-14-4-6-15(7-5-14)17(18,19)20/h4-7H,8-13H2,1H3. The summed E-state index contributed by atoms with van der Waals surface area (Å²) in [5.41, 5.74) is -0.183. The van der Waals surface area contributed by atoms with Crippen molar-refractivity contribution in [1.29, 1.82) is 0 Å². The van der Waals surface area contributed by atoms with Crippen LogP contribution in [0.15, 0.2) is 24.3 Å². The third-order valence-electron chi connectivity index (χ3n) is 3.56. The number of carbonyl (C=O) groups is 1. The van der Waals surface area contributed by atoms with E-state index in [1.165, 1.54) is 12.1 Å².